The fourth-order valence-corrected chi connectivity index (χ4v) is 2.48. The lowest BCUT2D eigenvalue weighted by atomic mass is 9.90. The number of rotatable bonds is 4. The Balaban J connectivity index is 2.57. The van der Waals surface area contributed by atoms with Crippen molar-refractivity contribution in [2.45, 2.75) is 5.92 Å². The van der Waals surface area contributed by atoms with E-state index < -0.39 is 16.8 Å². The highest BCUT2D eigenvalue weighted by atomic mass is 79.9. The molecule has 2 aromatic rings. The number of nitro benzene ring substituents is 1. The lowest BCUT2D eigenvalue weighted by Gasteiger charge is -2.16. The lowest BCUT2D eigenvalue weighted by molar-refractivity contribution is -0.385. The van der Waals surface area contributed by atoms with Gasteiger partial charge in [0.2, 0.25) is 0 Å². The number of methoxy groups -OCH3 is 1. The van der Waals surface area contributed by atoms with Crippen molar-refractivity contribution < 1.29 is 14.5 Å². The molecule has 0 aliphatic rings. The number of nitro groups is 1. The Morgan fingerprint density at radius 3 is 2.39 bits per heavy atom. The van der Waals surface area contributed by atoms with Crippen molar-refractivity contribution in [2.75, 3.05) is 7.11 Å². The topological polar surface area (TPSA) is 93.2 Å². The highest BCUT2D eigenvalue weighted by molar-refractivity contribution is 9.10. The van der Waals surface area contributed by atoms with Gasteiger partial charge in [0.05, 0.1) is 12.0 Å². The second-order valence-electron chi connectivity index (χ2n) is 4.65. The van der Waals surface area contributed by atoms with Gasteiger partial charge in [-0.1, -0.05) is 34.1 Å². The number of carbonyl (C=O) groups excluding carboxylic acids is 1. The normalized spacial score (nSPS) is 11.3. The van der Waals surface area contributed by atoms with E-state index in [1.54, 1.807) is 30.3 Å². The number of ether oxygens (including phenoxy) is 1. The molecule has 2 rings (SSSR count). The van der Waals surface area contributed by atoms with E-state index >= 15 is 0 Å². The van der Waals surface area contributed by atoms with Crippen molar-refractivity contribution in [1.82, 2.24) is 0 Å². The van der Waals surface area contributed by atoms with E-state index in [2.05, 4.69) is 15.9 Å². The molecule has 0 unspecified atom stereocenters. The molecule has 1 atom stereocenters. The van der Waals surface area contributed by atoms with Crippen molar-refractivity contribution in [3.8, 4) is 6.07 Å². The molecule has 0 heterocycles. The van der Waals surface area contributed by atoms with Crippen LogP contribution >= 0.6 is 15.9 Å². The van der Waals surface area contributed by atoms with Gasteiger partial charge in [0.15, 0.2) is 0 Å². The molecule has 6 nitrogen and oxygen atoms in total. The van der Waals surface area contributed by atoms with Crippen LogP contribution in [0.2, 0.25) is 0 Å². The molecular weight excluding hydrogens is 364 g/mol. The molecule has 23 heavy (non-hydrogen) atoms. The Hall–Kier alpha value is -2.72. The van der Waals surface area contributed by atoms with Gasteiger partial charge in [-0.3, -0.25) is 14.9 Å². The van der Waals surface area contributed by atoms with Crippen LogP contribution in [0.3, 0.4) is 0 Å². The summed E-state index contributed by atoms with van der Waals surface area (Å²) in [6.45, 7) is 0. The first-order chi connectivity index (χ1) is 11.0. The average Bonchev–Trinajstić information content (AvgIpc) is 2.56. The number of nitrogens with zero attached hydrogens (tertiary/aromatic N) is 2. The summed E-state index contributed by atoms with van der Waals surface area (Å²) in [6, 6.07) is 12.9. The van der Waals surface area contributed by atoms with E-state index in [1.165, 1.54) is 25.3 Å². The van der Waals surface area contributed by atoms with Crippen molar-refractivity contribution in [2.24, 2.45) is 0 Å². The van der Waals surface area contributed by atoms with E-state index in [0.29, 0.717) is 11.1 Å². The van der Waals surface area contributed by atoms with Crippen LogP contribution < -0.4 is 0 Å². The number of esters is 1. The first-order valence-electron chi connectivity index (χ1n) is 6.49. The Morgan fingerprint density at radius 2 is 1.87 bits per heavy atom. The molecule has 0 aliphatic heterocycles. The fourth-order valence-electron chi connectivity index (χ4n) is 2.22. The molecule has 0 N–H and O–H groups in total. The summed E-state index contributed by atoms with van der Waals surface area (Å²) in [5.41, 5.74) is 0.730. The standard InChI is InChI=1S/C16H11BrN2O4/c1-23-16(20)15(10-2-5-13(17)6-3-10)11-4-7-14(19(21)22)12(8-11)9-18/h2-8,15H,1H3/t15-/m1/s1. The maximum Gasteiger partial charge on any atom is 0.317 e. The van der Waals surface area contributed by atoms with Gasteiger partial charge in [0.1, 0.15) is 17.6 Å². The van der Waals surface area contributed by atoms with Crippen LogP contribution in [-0.4, -0.2) is 18.0 Å². The van der Waals surface area contributed by atoms with Gasteiger partial charge in [-0.2, -0.15) is 5.26 Å². The number of hydrogen-bond donors (Lipinski definition) is 0. The van der Waals surface area contributed by atoms with Crippen LogP contribution in [0.1, 0.15) is 22.6 Å². The summed E-state index contributed by atoms with van der Waals surface area (Å²) >= 11 is 3.32. The molecule has 0 amide bonds. The number of hydrogen-bond acceptors (Lipinski definition) is 5. The largest absolute Gasteiger partial charge is 0.468 e. The Kier molecular flexibility index (Phi) is 5.09. The van der Waals surface area contributed by atoms with Crippen LogP contribution in [0, 0.1) is 21.4 Å². The summed E-state index contributed by atoms with van der Waals surface area (Å²) in [5.74, 6) is -1.27. The maximum absolute atomic E-state index is 12.2. The van der Waals surface area contributed by atoms with E-state index in [4.69, 9.17) is 10.00 Å². The summed E-state index contributed by atoms with van der Waals surface area (Å²) in [4.78, 5) is 22.5. The highest BCUT2D eigenvalue weighted by Crippen LogP contribution is 2.30. The van der Waals surface area contributed by atoms with Crippen molar-refractivity contribution >= 4 is 27.6 Å². The smallest absolute Gasteiger partial charge is 0.317 e. The van der Waals surface area contributed by atoms with Gasteiger partial charge in [-0.15, -0.1) is 0 Å². The monoisotopic (exact) mass is 374 g/mol. The third-order valence-corrected chi connectivity index (χ3v) is 3.84. The van der Waals surface area contributed by atoms with E-state index in [1.807, 2.05) is 0 Å². The van der Waals surface area contributed by atoms with Gasteiger partial charge < -0.3 is 4.74 Å². The predicted octanol–water partition coefficient (Wildman–Crippen LogP) is 3.53. The van der Waals surface area contributed by atoms with Crippen LogP contribution in [0.4, 0.5) is 5.69 Å². The predicted molar refractivity (Wildman–Crippen MR) is 85.8 cm³/mol. The fraction of sp³-hybridized carbons (Fsp3) is 0.125. The number of benzene rings is 2. The van der Waals surface area contributed by atoms with Gasteiger partial charge in [-0.25, -0.2) is 0 Å². The zero-order valence-electron chi connectivity index (χ0n) is 12.0. The zero-order valence-corrected chi connectivity index (χ0v) is 13.6. The molecular formula is C16H11BrN2O4. The summed E-state index contributed by atoms with van der Waals surface area (Å²) in [5, 5.41) is 20.0. The van der Waals surface area contributed by atoms with Crippen molar-refractivity contribution in [3.05, 3.63) is 73.7 Å². The quantitative estimate of drug-likeness (QED) is 0.463. The second kappa shape index (κ2) is 7.03. The minimum atomic E-state index is -0.763. The number of nitriles is 1. The van der Waals surface area contributed by atoms with E-state index in [0.717, 1.165) is 4.47 Å². The number of halogens is 1. The van der Waals surface area contributed by atoms with Gasteiger partial charge in [0, 0.05) is 10.5 Å². The minimum absolute atomic E-state index is 0.0986. The maximum atomic E-state index is 12.2. The van der Waals surface area contributed by atoms with Crippen LogP contribution in [0.15, 0.2) is 46.9 Å². The molecule has 116 valence electrons. The Labute approximate surface area is 140 Å². The molecule has 0 spiro atoms. The Bertz CT molecular complexity index is 797. The molecule has 0 bridgehead atoms. The summed E-state index contributed by atoms with van der Waals surface area (Å²) in [7, 11) is 1.27. The van der Waals surface area contributed by atoms with E-state index in [-0.39, 0.29) is 11.3 Å². The molecule has 0 radical (unpaired) electrons. The summed E-state index contributed by atoms with van der Waals surface area (Å²) < 4.78 is 5.69. The first-order valence-corrected chi connectivity index (χ1v) is 7.29. The van der Waals surface area contributed by atoms with Crippen LogP contribution in [0.25, 0.3) is 0 Å². The molecule has 0 aromatic heterocycles. The third kappa shape index (κ3) is 3.55. The zero-order chi connectivity index (χ0) is 17.0. The van der Waals surface area contributed by atoms with Gasteiger partial charge in [-0.05, 0) is 29.3 Å². The third-order valence-electron chi connectivity index (χ3n) is 3.31. The second-order valence-corrected chi connectivity index (χ2v) is 5.57. The number of carbonyl (C=O) groups is 1. The van der Waals surface area contributed by atoms with Gasteiger partial charge >= 0.3 is 5.97 Å². The molecule has 0 saturated carbocycles. The van der Waals surface area contributed by atoms with Crippen molar-refractivity contribution in [1.29, 1.82) is 5.26 Å². The molecule has 2 aromatic carbocycles. The van der Waals surface area contributed by atoms with Crippen LogP contribution in [-0.2, 0) is 9.53 Å². The highest BCUT2D eigenvalue weighted by Gasteiger charge is 2.26. The van der Waals surface area contributed by atoms with E-state index in [9.17, 15) is 14.9 Å². The molecule has 0 fully saturated rings. The lowest BCUT2D eigenvalue weighted by Crippen LogP contribution is -2.16. The summed E-state index contributed by atoms with van der Waals surface area (Å²) in [6.07, 6.45) is 0. The first kappa shape index (κ1) is 16.6. The minimum Gasteiger partial charge on any atom is -0.468 e. The van der Waals surface area contributed by atoms with Crippen molar-refractivity contribution in [3.63, 3.8) is 0 Å². The van der Waals surface area contributed by atoms with Gasteiger partial charge in [0.25, 0.3) is 5.69 Å². The molecule has 7 heteroatoms. The van der Waals surface area contributed by atoms with Crippen LogP contribution in [0.5, 0.6) is 0 Å². The molecule has 0 aliphatic carbocycles. The Morgan fingerprint density at radius 1 is 1.26 bits per heavy atom. The SMILES string of the molecule is COC(=O)[C@H](c1ccc(Br)cc1)c1ccc([N+](=O)[O-])c(C#N)c1. The average molecular weight is 375 g/mol. The molecule has 0 saturated heterocycles.